The normalized spacial score (nSPS) is 20.7. The molecule has 0 radical (unpaired) electrons. The van der Waals surface area contributed by atoms with Crippen LogP contribution in [0.1, 0.15) is 55.1 Å². The Kier molecular flexibility index (Phi) is 11.8. The molecule has 0 spiro atoms. The molecule has 0 saturated carbocycles. The zero-order valence-corrected chi connectivity index (χ0v) is 27.1. The quantitative estimate of drug-likeness (QED) is 0.220. The lowest BCUT2D eigenvalue weighted by Crippen LogP contribution is -2.55. The minimum Gasteiger partial charge on any atom is -0.493 e. The number of halogens is 6. The van der Waals surface area contributed by atoms with Crippen molar-refractivity contribution in [3.8, 4) is 5.75 Å². The van der Waals surface area contributed by atoms with Gasteiger partial charge >= 0.3 is 6.18 Å². The van der Waals surface area contributed by atoms with Gasteiger partial charge in [-0.25, -0.2) is 8.42 Å². The Labute approximate surface area is 267 Å². The van der Waals surface area contributed by atoms with Crippen molar-refractivity contribution in [2.45, 2.75) is 44.0 Å². The monoisotopic (exact) mass is 679 g/mol. The fourth-order valence-corrected chi connectivity index (χ4v) is 7.42. The highest BCUT2D eigenvalue weighted by Gasteiger charge is 2.56. The van der Waals surface area contributed by atoms with Gasteiger partial charge in [-0.1, -0.05) is 67.4 Å². The Balaban J connectivity index is 0.00000506. The fourth-order valence-electron chi connectivity index (χ4n) is 5.25. The molecule has 6 nitrogen and oxygen atoms in total. The molecule has 1 saturated heterocycles. The van der Waals surface area contributed by atoms with Crippen LogP contribution in [0.25, 0.3) is 0 Å². The number of hydrogen-bond donors (Lipinski definition) is 2. The number of nitrogens with one attached hydrogen (secondary N) is 2. The Hall–Kier alpha value is -2.05. The number of alkyl halides is 3. The van der Waals surface area contributed by atoms with E-state index in [1.807, 2.05) is 18.7 Å². The smallest absolute Gasteiger partial charge is 0.416 e. The molecule has 1 aliphatic rings. The summed E-state index contributed by atoms with van der Waals surface area (Å²) in [7, 11) is -4.15. The number of hydrogen-bond acceptors (Lipinski definition) is 6. The lowest BCUT2D eigenvalue weighted by Gasteiger charge is -2.33. The fraction of sp³-hybridized carbons (Fsp3) is 0.400. The Morgan fingerprint density at radius 2 is 1.35 bits per heavy atom. The summed E-state index contributed by atoms with van der Waals surface area (Å²) in [5.74, 6) is -0.438. The van der Waals surface area contributed by atoms with Gasteiger partial charge in [-0.05, 0) is 67.5 Å². The first kappa shape index (κ1) is 35.4. The molecule has 2 unspecified atom stereocenters. The zero-order valence-electron chi connectivity index (χ0n) is 23.9. The second-order valence-corrected chi connectivity index (χ2v) is 13.1. The van der Waals surface area contributed by atoms with Crippen molar-refractivity contribution < 1.29 is 26.3 Å². The summed E-state index contributed by atoms with van der Waals surface area (Å²) in [6, 6.07) is 15.7. The standard InChI is InChI=1S/C30H34Cl2F3N3O3S.ClH/c1-4-38(5-2)17-18-42(39,40)30(25-16-11-22(29(33,34)35)19-26(25)41-6-3)36-27(20-7-12-23(31)13-8-20)28(37-30)21-9-14-24(32)15-10-21;/h7-16,19,27-28,36-37H,4-6,17-18H2,1-3H3;1H. The molecule has 1 fully saturated rings. The third kappa shape index (κ3) is 7.61. The van der Waals surface area contributed by atoms with Crippen molar-refractivity contribution in [2.24, 2.45) is 0 Å². The predicted octanol–water partition coefficient (Wildman–Crippen LogP) is 7.38. The topological polar surface area (TPSA) is 70.7 Å². The zero-order chi connectivity index (χ0) is 30.7. The molecule has 13 heteroatoms. The minimum atomic E-state index is -4.65. The summed E-state index contributed by atoms with van der Waals surface area (Å²) in [6.45, 7) is 7.07. The van der Waals surface area contributed by atoms with E-state index in [9.17, 15) is 21.6 Å². The molecule has 4 rings (SSSR count). The minimum absolute atomic E-state index is 0. The molecular weight excluding hydrogens is 646 g/mol. The van der Waals surface area contributed by atoms with Gasteiger partial charge in [-0.2, -0.15) is 13.2 Å². The van der Waals surface area contributed by atoms with Gasteiger partial charge < -0.3 is 9.64 Å². The Morgan fingerprint density at radius 3 is 1.77 bits per heavy atom. The van der Waals surface area contributed by atoms with Crippen LogP contribution in [0.5, 0.6) is 5.75 Å². The highest BCUT2D eigenvalue weighted by Crippen LogP contribution is 2.47. The lowest BCUT2D eigenvalue weighted by molar-refractivity contribution is -0.137. The van der Waals surface area contributed by atoms with Crippen molar-refractivity contribution in [2.75, 3.05) is 32.0 Å². The van der Waals surface area contributed by atoms with Crippen LogP contribution in [-0.2, 0) is 21.0 Å². The summed E-state index contributed by atoms with van der Waals surface area (Å²) in [6.07, 6.45) is -4.65. The van der Waals surface area contributed by atoms with E-state index in [0.29, 0.717) is 23.1 Å². The number of ether oxygens (including phenoxy) is 1. The van der Waals surface area contributed by atoms with Crippen molar-refractivity contribution >= 4 is 45.4 Å². The largest absolute Gasteiger partial charge is 0.493 e. The predicted molar refractivity (Wildman–Crippen MR) is 168 cm³/mol. The number of sulfone groups is 1. The van der Waals surface area contributed by atoms with Crippen molar-refractivity contribution in [1.29, 1.82) is 0 Å². The van der Waals surface area contributed by atoms with Crippen molar-refractivity contribution in [1.82, 2.24) is 15.5 Å². The molecule has 0 aromatic heterocycles. The average Bonchev–Trinajstić information content (AvgIpc) is 3.36. The second-order valence-electron chi connectivity index (χ2n) is 10.0. The van der Waals surface area contributed by atoms with Gasteiger partial charge in [0.15, 0.2) is 9.84 Å². The molecule has 43 heavy (non-hydrogen) atoms. The van der Waals surface area contributed by atoms with E-state index in [4.69, 9.17) is 27.9 Å². The first-order chi connectivity index (χ1) is 19.8. The Bertz CT molecular complexity index is 1420. The van der Waals surface area contributed by atoms with E-state index >= 15 is 0 Å². The average molecular weight is 681 g/mol. The van der Waals surface area contributed by atoms with E-state index in [-0.39, 0.29) is 42.6 Å². The first-order valence-electron chi connectivity index (χ1n) is 13.7. The molecule has 3 aromatic rings. The lowest BCUT2D eigenvalue weighted by atomic mass is 9.95. The van der Waals surface area contributed by atoms with Gasteiger partial charge in [0.25, 0.3) is 0 Å². The van der Waals surface area contributed by atoms with E-state index in [2.05, 4.69) is 10.6 Å². The summed E-state index contributed by atoms with van der Waals surface area (Å²) in [5.41, 5.74) is 0.578. The molecule has 0 aliphatic carbocycles. The molecule has 2 N–H and O–H groups in total. The van der Waals surface area contributed by atoms with Crippen LogP contribution in [0.2, 0.25) is 10.0 Å². The molecule has 236 valence electrons. The van der Waals surface area contributed by atoms with Gasteiger partial charge in [0.05, 0.1) is 30.0 Å². The Morgan fingerprint density at radius 1 is 0.860 bits per heavy atom. The first-order valence-corrected chi connectivity index (χ1v) is 16.1. The van der Waals surface area contributed by atoms with Crippen molar-refractivity contribution in [3.05, 3.63) is 99.0 Å². The van der Waals surface area contributed by atoms with E-state index < -0.39 is 38.7 Å². The SMILES string of the molecule is CCOc1cc(C(F)(F)F)ccc1C1(S(=O)(=O)CCN(CC)CC)NC(c2ccc(Cl)cc2)C(c2ccc(Cl)cc2)N1.Cl. The maximum atomic E-state index is 14.5. The van der Waals surface area contributed by atoms with Crippen LogP contribution in [0.15, 0.2) is 66.7 Å². The van der Waals surface area contributed by atoms with E-state index in [1.54, 1.807) is 55.5 Å². The van der Waals surface area contributed by atoms with Crippen LogP contribution >= 0.6 is 35.6 Å². The molecule has 1 aliphatic heterocycles. The highest BCUT2D eigenvalue weighted by atomic mass is 35.5. The number of nitrogens with zero attached hydrogens (tertiary/aromatic N) is 1. The third-order valence-corrected chi connectivity index (χ3v) is 10.1. The van der Waals surface area contributed by atoms with Gasteiger partial charge in [0.2, 0.25) is 4.99 Å². The van der Waals surface area contributed by atoms with Crippen LogP contribution in [-0.4, -0.2) is 45.3 Å². The van der Waals surface area contributed by atoms with Crippen LogP contribution in [0, 0.1) is 0 Å². The molecule has 0 bridgehead atoms. The number of benzene rings is 3. The number of rotatable bonds is 11. The van der Waals surface area contributed by atoms with Gasteiger partial charge in [0.1, 0.15) is 5.75 Å². The van der Waals surface area contributed by atoms with E-state index in [1.165, 1.54) is 6.07 Å². The van der Waals surface area contributed by atoms with E-state index in [0.717, 1.165) is 23.3 Å². The molecular formula is C30H35Cl3F3N3O3S. The van der Waals surface area contributed by atoms with Gasteiger partial charge in [-0.15, -0.1) is 12.4 Å². The molecule has 1 heterocycles. The van der Waals surface area contributed by atoms with Crippen LogP contribution in [0.3, 0.4) is 0 Å². The summed E-state index contributed by atoms with van der Waals surface area (Å²) >= 11 is 12.3. The maximum absolute atomic E-state index is 14.5. The molecule has 0 amide bonds. The summed E-state index contributed by atoms with van der Waals surface area (Å²) < 4.78 is 75.9. The van der Waals surface area contributed by atoms with Crippen LogP contribution < -0.4 is 15.4 Å². The summed E-state index contributed by atoms with van der Waals surface area (Å²) in [5, 5.41) is 7.66. The molecule has 2 atom stereocenters. The van der Waals surface area contributed by atoms with Gasteiger partial charge in [0, 0.05) is 22.2 Å². The van der Waals surface area contributed by atoms with Crippen LogP contribution in [0.4, 0.5) is 13.2 Å². The van der Waals surface area contributed by atoms with Gasteiger partial charge in [-0.3, -0.25) is 10.6 Å². The summed E-state index contributed by atoms with van der Waals surface area (Å²) in [4.78, 5) is -0.0207. The molecule has 3 aromatic carbocycles. The highest BCUT2D eigenvalue weighted by molar-refractivity contribution is 7.92. The second kappa shape index (κ2) is 14.4. The maximum Gasteiger partial charge on any atom is 0.416 e. The third-order valence-electron chi connectivity index (χ3n) is 7.53. The van der Waals surface area contributed by atoms with Crippen molar-refractivity contribution in [3.63, 3.8) is 0 Å².